The minimum Gasteiger partial charge on any atom is -0.359 e. The maximum Gasteiger partial charge on any atom is 0.249 e. The Kier molecular flexibility index (Phi) is 12.2. The van der Waals surface area contributed by atoms with Crippen molar-refractivity contribution >= 4 is 24.1 Å². The van der Waals surface area contributed by atoms with Gasteiger partial charge >= 0.3 is 0 Å². The molecule has 1 heterocycles. The smallest absolute Gasteiger partial charge is 0.249 e. The number of hydrogen-bond donors (Lipinski definition) is 2. The molecule has 156 valence electrons. The van der Waals surface area contributed by atoms with Gasteiger partial charge in [0.05, 0.1) is 0 Å². The highest BCUT2D eigenvalue weighted by Gasteiger charge is 2.31. The summed E-state index contributed by atoms with van der Waals surface area (Å²) < 4.78 is 0. The average molecular weight is 392 g/mol. The van der Waals surface area contributed by atoms with E-state index < -0.39 is 6.04 Å². The van der Waals surface area contributed by atoms with Crippen molar-refractivity contribution in [1.29, 1.82) is 0 Å². The minimum absolute atomic E-state index is 0.0926. The topological polar surface area (TPSA) is 95.6 Å². The first-order valence-electron chi connectivity index (χ1n) is 9.64. The molecule has 2 N–H and O–H groups in total. The Morgan fingerprint density at radius 1 is 1.25 bits per heavy atom. The van der Waals surface area contributed by atoms with Crippen LogP contribution >= 0.6 is 0 Å². The number of aryl methyl sites for hydroxylation is 2. The SMILES string of the molecule is CC.CCC(=O)NC.Cc1cccc(C)c1CN(C=O)C1CCC(=O)NC1=O. The van der Waals surface area contributed by atoms with E-state index in [1.165, 1.54) is 4.90 Å². The Balaban J connectivity index is 0.000000780. The lowest BCUT2D eigenvalue weighted by molar-refractivity contribution is -0.141. The van der Waals surface area contributed by atoms with Gasteiger partial charge in [0, 0.05) is 26.4 Å². The number of carbonyl (C=O) groups is 4. The summed E-state index contributed by atoms with van der Waals surface area (Å²) >= 11 is 0. The Hall–Kier alpha value is -2.70. The number of imide groups is 1. The summed E-state index contributed by atoms with van der Waals surface area (Å²) in [5.41, 5.74) is 3.22. The molecule has 0 aliphatic carbocycles. The molecule has 28 heavy (non-hydrogen) atoms. The third-order valence-corrected chi connectivity index (χ3v) is 4.33. The van der Waals surface area contributed by atoms with E-state index in [0.717, 1.165) is 16.7 Å². The van der Waals surface area contributed by atoms with Crippen LogP contribution in [0.2, 0.25) is 0 Å². The molecule has 1 aromatic rings. The van der Waals surface area contributed by atoms with Gasteiger partial charge in [-0.05, 0) is 37.0 Å². The van der Waals surface area contributed by atoms with Gasteiger partial charge in [0.15, 0.2) is 0 Å². The fraction of sp³-hybridized carbons (Fsp3) is 0.524. The van der Waals surface area contributed by atoms with E-state index >= 15 is 0 Å². The van der Waals surface area contributed by atoms with Gasteiger partial charge < -0.3 is 10.2 Å². The standard InChI is InChI=1S/C15H18N2O3.C4H9NO.C2H6/c1-10-4-3-5-11(2)12(10)8-17(9-18)13-6-7-14(19)16-15(13)20;1-3-4(6)5-2;1-2/h3-5,9,13H,6-8H2,1-2H3,(H,16,19,20);3H2,1-2H3,(H,5,6);1-2H3. The second-order valence-corrected chi connectivity index (χ2v) is 6.14. The second-order valence-electron chi connectivity index (χ2n) is 6.14. The second kappa shape index (κ2) is 13.5. The molecule has 1 unspecified atom stereocenters. The van der Waals surface area contributed by atoms with Gasteiger partial charge in [-0.2, -0.15) is 0 Å². The van der Waals surface area contributed by atoms with E-state index in [2.05, 4.69) is 10.6 Å². The van der Waals surface area contributed by atoms with Gasteiger partial charge in [-0.25, -0.2) is 0 Å². The molecule has 1 aliphatic rings. The normalized spacial score (nSPS) is 15.1. The van der Waals surface area contributed by atoms with Crippen molar-refractivity contribution in [2.75, 3.05) is 7.05 Å². The third kappa shape index (κ3) is 7.90. The summed E-state index contributed by atoms with van der Waals surface area (Å²) in [6.07, 6.45) is 1.92. The fourth-order valence-corrected chi connectivity index (χ4v) is 2.68. The van der Waals surface area contributed by atoms with Crippen LogP contribution in [0.3, 0.4) is 0 Å². The Labute approximate surface area is 167 Å². The van der Waals surface area contributed by atoms with Gasteiger partial charge in [-0.3, -0.25) is 24.5 Å². The first-order chi connectivity index (χ1) is 13.3. The predicted molar refractivity (Wildman–Crippen MR) is 109 cm³/mol. The number of rotatable bonds is 5. The lowest BCUT2D eigenvalue weighted by atomic mass is 10.00. The van der Waals surface area contributed by atoms with Crippen molar-refractivity contribution < 1.29 is 19.2 Å². The van der Waals surface area contributed by atoms with Crippen LogP contribution in [-0.4, -0.2) is 42.1 Å². The molecule has 1 fully saturated rings. The van der Waals surface area contributed by atoms with Crippen molar-refractivity contribution in [3.05, 3.63) is 34.9 Å². The van der Waals surface area contributed by atoms with E-state index in [4.69, 9.17) is 0 Å². The molecule has 7 heteroatoms. The first kappa shape index (κ1) is 25.3. The van der Waals surface area contributed by atoms with Crippen molar-refractivity contribution in [2.24, 2.45) is 0 Å². The molecule has 0 saturated carbocycles. The Morgan fingerprint density at radius 3 is 2.21 bits per heavy atom. The van der Waals surface area contributed by atoms with Gasteiger partial charge in [0.2, 0.25) is 24.1 Å². The highest BCUT2D eigenvalue weighted by atomic mass is 16.2. The summed E-state index contributed by atoms with van der Waals surface area (Å²) in [5.74, 6) is -0.571. The zero-order valence-corrected chi connectivity index (χ0v) is 17.8. The van der Waals surface area contributed by atoms with Crippen LogP contribution < -0.4 is 10.6 Å². The number of piperidine rings is 1. The fourth-order valence-electron chi connectivity index (χ4n) is 2.68. The van der Waals surface area contributed by atoms with Gasteiger partial charge in [-0.15, -0.1) is 0 Å². The maximum absolute atomic E-state index is 11.8. The lowest BCUT2D eigenvalue weighted by Gasteiger charge is -2.30. The Morgan fingerprint density at radius 2 is 1.82 bits per heavy atom. The van der Waals surface area contributed by atoms with E-state index in [1.807, 2.05) is 52.8 Å². The molecular formula is C21H33N3O4. The van der Waals surface area contributed by atoms with Crippen molar-refractivity contribution in [3.63, 3.8) is 0 Å². The van der Waals surface area contributed by atoms with Crippen LogP contribution in [0.4, 0.5) is 0 Å². The first-order valence-corrected chi connectivity index (χ1v) is 9.64. The van der Waals surface area contributed by atoms with E-state index in [1.54, 1.807) is 7.05 Å². The molecule has 0 radical (unpaired) electrons. The molecule has 1 aromatic carbocycles. The molecule has 0 spiro atoms. The van der Waals surface area contributed by atoms with E-state index in [-0.39, 0.29) is 24.1 Å². The predicted octanol–water partition coefficient (Wildman–Crippen LogP) is 2.24. The van der Waals surface area contributed by atoms with Crippen molar-refractivity contribution in [3.8, 4) is 0 Å². The number of nitrogens with zero attached hydrogens (tertiary/aromatic N) is 1. The van der Waals surface area contributed by atoms with Gasteiger partial charge in [0.1, 0.15) is 6.04 Å². The number of benzene rings is 1. The number of hydrogen-bond acceptors (Lipinski definition) is 4. The summed E-state index contributed by atoms with van der Waals surface area (Å²) in [6.45, 7) is 10.2. The quantitative estimate of drug-likeness (QED) is 0.594. The number of carbonyl (C=O) groups excluding carboxylic acids is 4. The largest absolute Gasteiger partial charge is 0.359 e. The zero-order valence-electron chi connectivity index (χ0n) is 17.8. The van der Waals surface area contributed by atoms with Crippen LogP contribution in [0.15, 0.2) is 18.2 Å². The molecule has 0 bridgehead atoms. The highest BCUT2D eigenvalue weighted by Crippen LogP contribution is 2.19. The summed E-state index contributed by atoms with van der Waals surface area (Å²) in [6, 6.07) is 5.36. The number of amides is 4. The molecule has 0 aromatic heterocycles. The molecule has 4 amide bonds. The van der Waals surface area contributed by atoms with Gasteiger partial charge in [0.25, 0.3) is 0 Å². The summed E-state index contributed by atoms with van der Waals surface area (Å²) in [7, 11) is 1.63. The van der Waals surface area contributed by atoms with E-state index in [0.29, 0.717) is 25.8 Å². The molecule has 1 atom stereocenters. The van der Waals surface area contributed by atoms with Gasteiger partial charge in [-0.1, -0.05) is 39.0 Å². The van der Waals surface area contributed by atoms with Crippen molar-refractivity contribution in [1.82, 2.24) is 15.5 Å². The van der Waals surface area contributed by atoms with E-state index in [9.17, 15) is 19.2 Å². The van der Waals surface area contributed by atoms with Crippen LogP contribution in [0.5, 0.6) is 0 Å². The molecular weight excluding hydrogens is 358 g/mol. The van der Waals surface area contributed by atoms with Crippen LogP contribution in [-0.2, 0) is 25.7 Å². The summed E-state index contributed by atoms with van der Waals surface area (Å²) in [5, 5.41) is 4.76. The number of nitrogens with one attached hydrogen (secondary N) is 2. The molecule has 7 nitrogen and oxygen atoms in total. The van der Waals surface area contributed by atoms with Crippen LogP contribution in [0, 0.1) is 13.8 Å². The monoisotopic (exact) mass is 391 g/mol. The summed E-state index contributed by atoms with van der Waals surface area (Å²) in [4.78, 5) is 45.8. The van der Waals surface area contributed by atoms with Crippen molar-refractivity contribution in [2.45, 2.75) is 66.5 Å². The molecule has 1 aliphatic heterocycles. The Bertz CT molecular complexity index is 647. The third-order valence-electron chi connectivity index (χ3n) is 4.33. The lowest BCUT2D eigenvalue weighted by Crippen LogP contribution is -2.51. The molecule has 2 rings (SSSR count). The maximum atomic E-state index is 11.8. The highest BCUT2D eigenvalue weighted by molar-refractivity contribution is 6.00. The molecule has 1 saturated heterocycles. The van der Waals surface area contributed by atoms with Crippen LogP contribution in [0.1, 0.15) is 56.7 Å². The zero-order chi connectivity index (χ0) is 21.7. The minimum atomic E-state index is -0.566. The average Bonchev–Trinajstić information content (AvgIpc) is 2.70. The van der Waals surface area contributed by atoms with Crippen LogP contribution in [0.25, 0.3) is 0 Å².